The number of benzene rings is 1. The molecule has 22 heavy (non-hydrogen) atoms. The smallest absolute Gasteiger partial charge is 0.311 e. The summed E-state index contributed by atoms with van der Waals surface area (Å²) in [6.07, 6.45) is 2.03. The Hall–Kier alpha value is -1.47. The van der Waals surface area contributed by atoms with Gasteiger partial charge in [0.15, 0.2) is 0 Å². The Labute approximate surface area is 128 Å². The zero-order valence-corrected chi connectivity index (χ0v) is 13.1. The molecule has 1 aromatic carbocycles. The maximum atomic E-state index is 13.5. The van der Waals surface area contributed by atoms with E-state index in [1.807, 2.05) is 0 Å². The fourth-order valence-corrected chi connectivity index (χ4v) is 5.45. The van der Waals surface area contributed by atoms with Crippen molar-refractivity contribution in [2.45, 2.75) is 31.1 Å². The van der Waals surface area contributed by atoms with Gasteiger partial charge in [0.05, 0.1) is 10.3 Å². The highest BCUT2D eigenvalue weighted by Crippen LogP contribution is 2.50. The summed E-state index contributed by atoms with van der Waals surface area (Å²) < 4.78 is 40.1. The van der Waals surface area contributed by atoms with Crippen molar-refractivity contribution in [2.24, 2.45) is 11.3 Å². The Bertz CT molecular complexity index is 713. The van der Waals surface area contributed by atoms with E-state index in [2.05, 4.69) is 0 Å². The molecule has 1 N–H and O–H groups in total. The molecule has 3 rings (SSSR count). The quantitative estimate of drug-likeness (QED) is 0.921. The maximum absolute atomic E-state index is 13.5. The van der Waals surface area contributed by atoms with Crippen LogP contribution in [0.25, 0.3) is 0 Å². The monoisotopic (exact) mass is 327 g/mol. The number of hydrogen-bond donors (Lipinski definition) is 1. The average Bonchev–Trinajstić information content (AvgIpc) is 2.94. The highest BCUT2D eigenvalue weighted by atomic mass is 32.2. The maximum Gasteiger partial charge on any atom is 0.311 e. The molecule has 0 unspecified atom stereocenters. The van der Waals surface area contributed by atoms with Crippen LogP contribution in [0.15, 0.2) is 23.1 Å². The molecule has 0 aromatic heterocycles. The molecule has 1 aliphatic carbocycles. The Morgan fingerprint density at radius 1 is 1.41 bits per heavy atom. The molecule has 2 atom stereocenters. The lowest BCUT2D eigenvalue weighted by molar-refractivity contribution is -0.149. The Morgan fingerprint density at radius 2 is 2.14 bits per heavy atom. The normalized spacial score (nSPS) is 28.7. The third-order valence-electron chi connectivity index (χ3n) is 4.92. The minimum atomic E-state index is -3.87. The van der Waals surface area contributed by atoms with Crippen LogP contribution in [0.2, 0.25) is 0 Å². The molecular weight excluding hydrogens is 309 g/mol. The van der Waals surface area contributed by atoms with E-state index in [1.54, 1.807) is 6.92 Å². The molecule has 1 heterocycles. The molecule has 0 amide bonds. The predicted octanol–water partition coefficient (Wildman–Crippen LogP) is 2.01. The largest absolute Gasteiger partial charge is 0.481 e. The molecule has 1 aliphatic heterocycles. The molecule has 0 bridgehead atoms. The van der Waals surface area contributed by atoms with E-state index in [4.69, 9.17) is 0 Å². The Morgan fingerprint density at radius 3 is 2.73 bits per heavy atom. The number of sulfonamides is 1. The van der Waals surface area contributed by atoms with Crippen LogP contribution in [0.3, 0.4) is 0 Å². The summed E-state index contributed by atoms with van der Waals surface area (Å²) in [6.45, 7) is 1.80. The van der Waals surface area contributed by atoms with Gasteiger partial charge < -0.3 is 5.11 Å². The summed E-state index contributed by atoms with van der Waals surface area (Å²) in [5.41, 5.74) is -0.457. The van der Waals surface area contributed by atoms with E-state index >= 15 is 0 Å². The van der Waals surface area contributed by atoms with E-state index in [0.29, 0.717) is 12.0 Å². The minimum Gasteiger partial charge on any atom is -0.481 e. The second-order valence-electron chi connectivity index (χ2n) is 6.31. The number of fused-ring (bicyclic) bond motifs is 1. The first-order chi connectivity index (χ1) is 10.3. The number of nitrogens with zero attached hydrogens (tertiary/aromatic N) is 1. The fourth-order valence-electron chi connectivity index (χ4n) is 3.78. The SMILES string of the molecule is Cc1cc(F)cc(S(=O)(=O)N2C[C@@H]3CCC[C@@]3(C(=O)O)C2)c1. The minimum absolute atomic E-state index is 0.0229. The summed E-state index contributed by atoms with van der Waals surface area (Å²) in [5.74, 6) is -1.69. The van der Waals surface area contributed by atoms with Gasteiger partial charge in [-0.3, -0.25) is 4.79 Å². The molecule has 2 fully saturated rings. The number of halogens is 1. The van der Waals surface area contributed by atoms with Crippen molar-refractivity contribution in [1.29, 1.82) is 0 Å². The summed E-state index contributed by atoms with van der Waals surface area (Å²) in [7, 11) is -3.87. The Balaban J connectivity index is 1.96. The van der Waals surface area contributed by atoms with Crippen molar-refractivity contribution >= 4 is 16.0 Å². The lowest BCUT2D eigenvalue weighted by Gasteiger charge is -2.23. The van der Waals surface area contributed by atoms with E-state index < -0.39 is 27.2 Å². The van der Waals surface area contributed by atoms with Gasteiger partial charge in [0.1, 0.15) is 5.82 Å². The topological polar surface area (TPSA) is 74.7 Å². The number of aliphatic carboxylic acids is 1. The standard InChI is InChI=1S/C15H18FNO4S/c1-10-5-12(16)7-13(6-10)22(20,21)17-8-11-3-2-4-15(11,9-17)14(18)19/h5-7,11H,2-4,8-9H2,1H3,(H,18,19)/t11-,15+/m0/s1. The molecule has 5 nitrogen and oxygen atoms in total. The number of hydrogen-bond acceptors (Lipinski definition) is 3. The van der Waals surface area contributed by atoms with Crippen molar-refractivity contribution in [3.05, 3.63) is 29.6 Å². The van der Waals surface area contributed by atoms with Crippen LogP contribution in [0.4, 0.5) is 4.39 Å². The molecule has 0 spiro atoms. The number of carboxylic acids is 1. The van der Waals surface area contributed by atoms with Gasteiger partial charge in [0.25, 0.3) is 0 Å². The molecule has 1 saturated heterocycles. The van der Waals surface area contributed by atoms with Gasteiger partial charge in [-0.1, -0.05) is 6.42 Å². The second kappa shape index (κ2) is 5.03. The zero-order valence-electron chi connectivity index (χ0n) is 12.3. The molecule has 0 radical (unpaired) electrons. The van der Waals surface area contributed by atoms with Gasteiger partial charge in [-0.25, -0.2) is 12.8 Å². The lowest BCUT2D eigenvalue weighted by Crippen LogP contribution is -2.37. The highest BCUT2D eigenvalue weighted by Gasteiger charge is 2.57. The van der Waals surface area contributed by atoms with Crippen LogP contribution < -0.4 is 0 Å². The van der Waals surface area contributed by atoms with Crippen molar-refractivity contribution in [3.63, 3.8) is 0 Å². The van der Waals surface area contributed by atoms with E-state index in [9.17, 15) is 22.7 Å². The molecule has 120 valence electrons. The lowest BCUT2D eigenvalue weighted by atomic mass is 9.81. The number of carboxylic acid groups (broad SMARTS) is 1. The van der Waals surface area contributed by atoms with Gasteiger partial charge in [0.2, 0.25) is 10.0 Å². The number of rotatable bonds is 3. The van der Waals surface area contributed by atoms with Crippen LogP contribution in [0.5, 0.6) is 0 Å². The van der Waals surface area contributed by atoms with Crippen LogP contribution in [-0.2, 0) is 14.8 Å². The molecule has 1 aromatic rings. The second-order valence-corrected chi connectivity index (χ2v) is 8.25. The molecule has 1 saturated carbocycles. The fraction of sp³-hybridized carbons (Fsp3) is 0.533. The molecule has 7 heteroatoms. The highest BCUT2D eigenvalue weighted by molar-refractivity contribution is 7.89. The van der Waals surface area contributed by atoms with Crippen molar-refractivity contribution < 1.29 is 22.7 Å². The summed E-state index contributed by atoms with van der Waals surface area (Å²) in [4.78, 5) is 11.5. The Kier molecular flexibility index (Phi) is 3.52. The van der Waals surface area contributed by atoms with Crippen LogP contribution >= 0.6 is 0 Å². The van der Waals surface area contributed by atoms with E-state index in [0.717, 1.165) is 18.9 Å². The first-order valence-electron chi connectivity index (χ1n) is 7.26. The van der Waals surface area contributed by atoms with Gasteiger partial charge in [0, 0.05) is 13.1 Å². The molecular formula is C15H18FNO4S. The van der Waals surface area contributed by atoms with Crippen LogP contribution in [-0.4, -0.2) is 36.9 Å². The summed E-state index contributed by atoms with van der Waals surface area (Å²) in [5, 5.41) is 9.53. The first kappa shape index (κ1) is 15.4. The van der Waals surface area contributed by atoms with Crippen molar-refractivity contribution in [1.82, 2.24) is 4.31 Å². The summed E-state index contributed by atoms with van der Waals surface area (Å²) in [6, 6.07) is 3.67. The van der Waals surface area contributed by atoms with Crippen molar-refractivity contribution in [3.8, 4) is 0 Å². The zero-order chi connectivity index (χ0) is 16.1. The van der Waals surface area contributed by atoms with E-state index in [-0.39, 0.29) is 23.9 Å². The molecule has 2 aliphatic rings. The first-order valence-corrected chi connectivity index (χ1v) is 8.70. The summed E-state index contributed by atoms with van der Waals surface area (Å²) >= 11 is 0. The third kappa shape index (κ3) is 2.23. The third-order valence-corrected chi connectivity index (χ3v) is 6.71. The van der Waals surface area contributed by atoms with Gasteiger partial charge in [-0.2, -0.15) is 4.31 Å². The van der Waals surface area contributed by atoms with Gasteiger partial charge >= 0.3 is 5.97 Å². The van der Waals surface area contributed by atoms with Crippen LogP contribution in [0.1, 0.15) is 24.8 Å². The van der Waals surface area contributed by atoms with Crippen molar-refractivity contribution in [2.75, 3.05) is 13.1 Å². The predicted molar refractivity (Wildman–Crippen MR) is 77.3 cm³/mol. The van der Waals surface area contributed by atoms with Crippen LogP contribution in [0, 0.1) is 24.1 Å². The average molecular weight is 327 g/mol. The number of aryl methyl sites for hydroxylation is 1. The van der Waals surface area contributed by atoms with E-state index in [1.165, 1.54) is 16.4 Å². The van der Waals surface area contributed by atoms with Gasteiger partial charge in [-0.05, 0) is 49.4 Å². The van der Waals surface area contributed by atoms with Gasteiger partial charge in [-0.15, -0.1) is 0 Å². The number of carbonyl (C=O) groups is 1.